The van der Waals surface area contributed by atoms with Gasteiger partial charge in [-0.2, -0.15) is 0 Å². The Kier molecular flexibility index (Phi) is 6.99. The lowest BCUT2D eigenvalue weighted by molar-refractivity contribution is -0.121. The van der Waals surface area contributed by atoms with Crippen LogP contribution in [-0.4, -0.2) is 43.2 Å². The van der Waals surface area contributed by atoms with E-state index in [4.69, 9.17) is 0 Å². The van der Waals surface area contributed by atoms with Crippen LogP contribution in [0.25, 0.3) is 0 Å². The summed E-state index contributed by atoms with van der Waals surface area (Å²) in [6.07, 6.45) is 2.69. The summed E-state index contributed by atoms with van der Waals surface area (Å²) in [6, 6.07) is 12.1. The number of hydrogen-bond donors (Lipinski definition) is 2. The highest BCUT2D eigenvalue weighted by Crippen LogP contribution is 2.28. The van der Waals surface area contributed by atoms with Crippen LogP contribution in [0.3, 0.4) is 0 Å². The predicted octanol–water partition coefficient (Wildman–Crippen LogP) is 4.05. The number of thiophene rings is 1. The van der Waals surface area contributed by atoms with Gasteiger partial charge in [-0.25, -0.2) is 13.4 Å². The minimum atomic E-state index is -3.92. The number of aromatic nitrogens is 1. The number of pyridine rings is 1. The van der Waals surface area contributed by atoms with Crippen LogP contribution in [0.5, 0.6) is 0 Å². The molecule has 1 aliphatic heterocycles. The average molecular weight is 499 g/mol. The van der Waals surface area contributed by atoms with Gasteiger partial charge in [0.25, 0.3) is 15.9 Å². The number of rotatable bonds is 6. The van der Waals surface area contributed by atoms with E-state index in [1.807, 2.05) is 32.0 Å². The van der Waals surface area contributed by atoms with Gasteiger partial charge in [0.1, 0.15) is 15.6 Å². The Labute approximate surface area is 203 Å². The maximum Gasteiger partial charge on any atom is 0.265 e. The number of nitrogens with zero attached hydrogens (tertiary/aromatic N) is 2. The number of amides is 2. The Bertz CT molecular complexity index is 1280. The van der Waals surface area contributed by atoms with E-state index in [1.165, 1.54) is 6.07 Å². The van der Waals surface area contributed by atoms with Crippen molar-refractivity contribution in [2.45, 2.75) is 31.6 Å². The van der Waals surface area contributed by atoms with Gasteiger partial charge in [-0.3, -0.25) is 14.3 Å². The topological polar surface area (TPSA) is 108 Å². The molecule has 2 aromatic heterocycles. The molecular weight excluding hydrogens is 472 g/mol. The summed E-state index contributed by atoms with van der Waals surface area (Å²) in [5.74, 6) is -0.186. The van der Waals surface area contributed by atoms with E-state index in [0.717, 1.165) is 22.5 Å². The van der Waals surface area contributed by atoms with Crippen molar-refractivity contribution in [3.8, 4) is 0 Å². The molecule has 0 aliphatic carbocycles. The molecular formula is C24H26N4O4S2. The second kappa shape index (κ2) is 9.94. The molecule has 0 unspecified atom stereocenters. The van der Waals surface area contributed by atoms with Gasteiger partial charge < -0.3 is 10.2 Å². The maximum absolute atomic E-state index is 13.2. The quantitative estimate of drug-likeness (QED) is 0.533. The third-order valence-corrected chi connectivity index (χ3v) is 8.19. The Morgan fingerprint density at radius 2 is 1.68 bits per heavy atom. The molecule has 1 fully saturated rings. The molecule has 4 rings (SSSR count). The Morgan fingerprint density at radius 3 is 2.32 bits per heavy atom. The lowest BCUT2D eigenvalue weighted by atomic mass is 9.96. The number of carbonyl (C=O) groups is 2. The lowest BCUT2D eigenvalue weighted by Crippen LogP contribution is -2.41. The number of sulfonamides is 1. The summed E-state index contributed by atoms with van der Waals surface area (Å²) in [5.41, 5.74) is 2.46. The Balaban J connectivity index is 1.39. The molecule has 3 heterocycles. The van der Waals surface area contributed by atoms with E-state index in [-0.39, 0.29) is 27.5 Å². The maximum atomic E-state index is 13.2. The molecule has 1 aromatic carbocycles. The number of carbonyl (C=O) groups excluding carboxylic acids is 2. The highest BCUT2D eigenvalue weighted by atomic mass is 32.2. The zero-order chi connectivity index (χ0) is 24.3. The van der Waals surface area contributed by atoms with E-state index in [0.29, 0.717) is 37.4 Å². The molecule has 2 amide bonds. The van der Waals surface area contributed by atoms with Gasteiger partial charge in [0.15, 0.2) is 0 Å². The number of benzene rings is 1. The fraction of sp³-hybridized carbons (Fsp3) is 0.292. The van der Waals surface area contributed by atoms with Crippen LogP contribution in [0.4, 0.5) is 11.5 Å². The first-order chi connectivity index (χ1) is 16.2. The predicted molar refractivity (Wildman–Crippen MR) is 133 cm³/mol. The third-order valence-electron chi connectivity index (χ3n) is 5.73. The number of nitrogens with one attached hydrogen (secondary N) is 2. The van der Waals surface area contributed by atoms with E-state index in [1.54, 1.807) is 34.7 Å². The Hall–Kier alpha value is -3.24. The molecule has 34 heavy (non-hydrogen) atoms. The van der Waals surface area contributed by atoms with Crippen LogP contribution in [0.15, 0.2) is 58.9 Å². The molecule has 178 valence electrons. The zero-order valence-corrected chi connectivity index (χ0v) is 20.6. The van der Waals surface area contributed by atoms with Crippen molar-refractivity contribution in [3.05, 3.63) is 70.0 Å². The van der Waals surface area contributed by atoms with Gasteiger partial charge in [0.05, 0.1) is 0 Å². The highest BCUT2D eigenvalue weighted by Gasteiger charge is 2.31. The average Bonchev–Trinajstić information content (AvgIpc) is 3.33. The van der Waals surface area contributed by atoms with Crippen LogP contribution < -0.4 is 10.0 Å². The summed E-state index contributed by atoms with van der Waals surface area (Å²) in [6.45, 7) is 4.59. The van der Waals surface area contributed by atoms with E-state index in [2.05, 4.69) is 15.0 Å². The molecule has 0 bridgehead atoms. The summed E-state index contributed by atoms with van der Waals surface area (Å²) in [5, 5.41) is 4.43. The van der Waals surface area contributed by atoms with Crippen LogP contribution in [-0.2, 0) is 14.8 Å². The van der Waals surface area contributed by atoms with Gasteiger partial charge in [-0.05, 0) is 61.9 Å². The van der Waals surface area contributed by atoms with Crippen molar-refractivity contribution in [1.82, 2.24) is 9.88 Å². The molecule has 1 aliphatic rings. The Morgan fingerprint density at radius 1 is 1.00 bits per heavy atom. The fourth-order valence-electron chi connectivity index (χ4n) is 3.76. The molecule has 1 saturated heterocycles. The van der Waals surface area contributed by atoms with Crippen molar-refractivity contribution in [1.29, 1.82) is 0 Å². The van der Waals surface area contributed by atoms with Crippen LogP contribution in [0.1, 0.15) is 33.6 Å². The number of piperidine rings is 1. The third kappa shape index (κ3) is 5.45. The standard InChI is InChI=1S/C24H26N4O4S2/c1-16-3-6-19(7-4-16)27-34(31,32)20-11-14-33-22(20)24(30)28-12-9-18(10-13-28)23(29)26-21-8-5-17(2)15-25-21/h3-8,11,14-15,18,27H,9-10,12-13H2,1-2H3,(H,25,26,29). The first kappa shape index (κ1) is 23.9. The van der Waals surface area contributed by atoms with Gasteiger partial charge in [-0.15, -0.1) is 11.3 Å². The molecule has 8 nitrogen and oxygen atoms in total. The largest absolute Gasteiger partial charge is 0.338 e. The first-order valence-corrected chi connectivity index (χ1v) is 13.3. The van der Waals surface area contributed by atoms with Crippen molar-refractivity contribution >= 4 is 44.7 Å². The van der Waals surface area contributed by atoms with Crippen molar-refractivity contribution in [2.75, 3.05) is 23.1 Å². The van der Waals surface area contributed by atoms with Gasteiger partial charge in [0.2, 0.25) is 5.91 Å². The van der Waals surface area contributed by atoms with Gasteiger partial charge in [0, 0.05) is 30.9 Å². The molecule has 0 atom stereocenters. The molecule has 0 spiro atoms. The smallest absolute Gasteiger partial charge is 0.265 e. The number of aryl methyl sites for hydroxylation is 2. The number of likely N-dealkylation sites (tertiary alicyclic amines) is 1. The van der Waals surface area contributed by atoms with Gasteiger partial charge >= 0.3 is 0 Å². The zero-order valence-electron chi connectivity index (χ0n) is 18.9. The monoisotopic (exact) mass is 498 g/mol. The van der Waals surface area contributed by atoms with E-state index in [9.17, 15) is 18.0 Å². The molecule has 0 radical (unpaired) electrons. The van der Waals surface area contributed by atoms with Crippen molar-refractivity contribution < 1.29 is 18.0 Å². The second-order valence-corrected chi connectivity index (χ2v) is 10.9. The lowest BCUT2D eigenvalue weighted by Gasteiger charge is -2.31. The molecule has 10 heteroatoms. The summed E-state index contributed by atoms with van der Waals surface area (Å²) < 4.78 is 28.5. The summed E-state index contributed by atoms with van der Waals surface area (Å²) in [7, 11) is -3.92. The fourth-order valence-corrected chi connectivity index (χ4v) is 6.20. The van der Waals surface area contributed by atoms with Crippen LogP contribution in [0, 0.1) is 19.8 Å². The second-order valence-electron chi connectivity index (χ2n) is 8.36. The minimum Gasteiger partial charge on any atom is -0.338 e. The number of hydrogen-bond acceptors (Lipinski definition) is 6. The summed E-state index contributed by atoms with van der Waals surface area (Å²) in [4.78, 5) is 31.7. The molecule has 3 aromatic rings. The van der Waals surface area contributed by atoms with Crippen LogP contribution in [0.2, 0.25) is 0 Å². The van der Waals surface area contributed by atoms with E-state index < -0.39 is 10.0 Å². The SMILES string of the molecule is Cc1ccc(NS(=O)(=O)c2ccsc2C(=O)N2CCC(C(=O)Nc3ccc(C)cn3)CC2)cc1. The normalized spacial score (nSPS) is 14.6. The number of anilines is 2. The van der Waals surface area contributed by atoms with E-state index >= 15 is 0 Å². The van der Waals surface area contributed by atoms with Crippen LogP contribution >= 0.6 is 11.3 Å². The molecule has 0 saturated carbocycles. The molecule has 2 N–H and O–H groups in total. The highest BCUT2D eigenvalue weighted by molar-refractivity contribution is 7.93. The van der Waals surface area contributed by atoms with Crippen molar-refractivity contribution in [2.24, 2.45) is 5.92 Å². The minimum absolute atomic E-state index is 0.0339. The summed E-state index contributed by atoms with van der Waals surface area (Å²) >= 11 is 1.10. The van der Waals surface area contributed by atoms with Gasteiger partial charge in [-0.1, -0.05) is 23.8 Å². The first-order valence-electron chi connectivity index (χ1n) is 10.9. The van der Waals surface area contributed by atoms with Crippen molar-refractivity contribution in [3.63, 3.8) is 0 Å².